The van der Waals surface area contributed by atoms with Crippen molar-refractivity contribution >= 4 is 16.0 Å². The second kappa shape index (κ2) is 7.10. The first-order valence-electron chi connectivity index (χ1n) is 8.30. The highest BCUT2D eigenvalue weighted by molar-refractivity contribution is 7.89. The highest BCUT2D eigenvalue weighted by Gasteiger charge is 2.45. The van der Waals surface area contributed by atoms with Crippen LogP contribution in [0.3, 0.4) is 0 Å². The number of carbonyl (C=O) groups is 1. The lowest BCUT2D eigenvalue weighted by Crippen LogP contribution is -2.49. The molecule has 140 valence electrons. The molecule has 1 N–H and O–H groups in total. The Balaban J connectivity index is 1.88. The lowest BCUT2D eigenvalue weighted by Gasteiger charge is -2.38. The van der Waals surface area contributed by atoms with Gasteiger partial charge in [0.2, 0.25) is 10.0 Å². The van der Waals surface area contributed by atoms with Crippen molar-refractivity contribution < 1.29 is 22.7 Å². The fraction of sp³-hybridized carbons (Fsp3) is 0.263. The molecule has 2 aromatic carbocycles. The summed E-state index contributed by atoms with van der Waals surface area (Å²) >= 11 is 0. The molecule has 0 saturated carbocycles. The molecular weight excluding hydrogens is 371 g/mol. The summed E-state index contributed by atoms with van der Waals surface area (Å²) in [6.07, 6.45) is 0.174. The lowest BCUT2D eigenvalue weighted by molar-refractivity contribution is -0.145. The van der Waals surface area contributed by atoms with E-state index in [4.69, 9.17) is 5.26 Å². The number of nitrogens with zero attached hydrogens (tertiary/aromatic N) is 2. The summed E-state index contributed by atoms with van der Waals surface area (Å²) in [4.78, 5) is 11.5. The monoisotopic (exact) mass is 388 g/mol. The molecule has 0 spiro atoms. The number of aliphatic carboxylic acids is 1. The molecule has 27 heavy (non-hydrogen) atoms. The van der Waals surface area contributed by atoms with E-state index in [0.29, 0.717) is 5.56 Å². The number of piperidine rings is 1. The molecule has 6 nitrogen and oxygen atoms in total. The van der Waals surface area contributed by atoms with Crippen LogP contribution in [0.4, 0.5) is 4.39 Å². The van der Waals surface area contributed by atoms with Gasteiger partial charge in [0.05, 0.1) is 17.0 Å². The van der Waals surface area contributed by atoms with Crippen molar-refractivity contribution in [1.29, 1.82) is 5.26 Å². The Hall–Kier alpha value is -2.76. The van der Waals surface area contributed by atoms with Crippen molar-refractivity contribution in [3.63, 3.8) is 0 Å². The van der Waals surface area contributed by atoms with Gasteiger partial charge in [0, 0.05) is 13.1 Å². The molecule has 0 aliphatic carbocycles. The van der Waals surface area contributed by atoms with E-state index in [0.717, 1.165) is 16.4 Å². The highest BCUT2D eigenvalue weighted by atomic mass is 32.2. The Bertz CT molecular complexity index is 1010. The van der Waals surface area contributed by atoms with Gasteiger partial charge in [-0.15, -0.1) is 0 Å². The number of sulfonamides is 1. The van der Waals surface area contributed by atoms with Crippen LogP contribution in [0.15, 0.2) is 53.4 Å². The highest BCUT2D eigenvalue weighted by Crippen LogP contribution is 2.37. The summed E-state index contributed by atoms with van der Waals surface area (Å²) in [5.74, 6) is -2.00. The van der Waals surface area contributed by atoms with Gasteiger partial charge in [0.15, 0.2) is 0 Å². The molecule has 3 rings (SSSR count). The molecule has 1 fully saturated rings. The van der Waals surface area contributed by atoms with Crippen molar-refractivity contribution in [3.8, 4) is 6.07 Å². The van der Waals surface area contributed by atoms with Crippen molar-refractivity contribution in [2.24, 2.45) is 0 Å². The van der Waals surface area contributed by atoms with E-state index in [1.165, 1.54) is 6.07 Å². The van der Waals surface area contributed by atoms with Gasteiger partial charge in [-0.2, -0.15) is 9.57 Å². The quantitative estimate of drug-likeness (QED) is 0.868. The first kappa shape index (κ1) is 19.0. The summed E-state index contributed by atoms with van der Waals surface area (Å²) in [7, 11) is -4.12. The molecule has 0 aromatic heterocycles. The number of carboxylic acids is 1. The Morgan fingerprint density at radius 3 is 2.30 bits per heavy atom. The zero-order valence-electron chi connectivity index (χ0n) is 14.3. The predicted octanol–water partition coefficient (Wildman–Crippen LogP) is 2.50. The summed E-state index contributed by atoms with van der Waals surface area (Å²) in [5.41, 5.74) is -0.519. The molecule has 1 aliphatic rings. The van der Waals surface area contributed by atoms with E-state index in [1.54, 1.807) is 36.4 Å². The van der Waals surface area contributed by atoms with Crippen LogP contribution in [-0.2, 0) is 20.2 Å². The maximum Gasteiger partial charge on any atom is 0.314 e. The molecule has 1 saturated heterocycles. The van der Waals surface area contributed by atoms with Crippen LogP contribution in [0.1, 0.15) is 24.0 Å². The first-order valence-corrected chi connectivity index (χ1v) is 9.74. The Morgan fingerprint density at radius 2 is 1.78 bits per heavy atom. The van der Waals surface area contributed by atoms with Crippen LogP contribution >= 0.6 is 0 Å². The number of carboxylic acid groups (broad SMARTS) is 1. The maximum absolute atomic E-state index is 14.2. The average molecular weight is 388 g/mol. The largest absolute Gasteiger partial charge is 0.481 e. The third kappa shape index (κ3) is 3.31. The molecule has 2 aromatic rings. The van der Waals surface area contributed by atoms with E-state index in [1.807, 2.05) is 0 Å². The summed E-state index contributed by atoms with van der Waals surface area (Å²) in [5, 5.41) is 18.6. The molecule has 1 aliphatic heterocycles. The minimum absolute atomic E-state index is 0.0269. The van der Waals surface area contributed by atoms with Gasteiger partial charge in [-0.3, -0.25) is 4.79 Å². The van der Waals surface area contributed by atoms with Crippen LogP contribution in [0.2, 0.25) is 0 Å². The van der Waals surface area contributed by atoms with Crippen LogP contribution in [-0.4, -0.2) is 36.9 Å². The normalized spacial score (nSPS) is 17.2. The molecule has 0 unspecified atom stereocenters. The summed E-state index contributed by atoms with van der Waals surface area (Å²) < 4.78 is 40.8. The fourth-order valence-corrected chi connectivity index (χ4v) is 4.90. The van der Waals surface area contributed by atoms with Gasteiger partial charge in [-0.25, -0.2) is 12.8 Å². The second-order valence-corrected chi connectivity index (χ2v) is 8.32. The standard InChI is InChI=1S/C19H17FN2O4S/c20-16-12-14(13-21)6-7-17(16)27(25,26)22-10-8-19(9-11-22,18(23)24)15-4-2-1-3-5-15/h1-7,12H,8-11H2,(H,23,24). The maximum atomic E-state index is 14.2. The third-order valence-corrected chi connectivity index (χ3v) is 6.92. The van der Waals surface area contributed by atoms with Gasteiger partial charge in [0.25, 0.3) is 0 Å². The summed E-state index contributed by atoms with van der Waals surface area (Å²) in [6, 6.07) is 13.7. The molecule has 0 bridgehead atoms. The smallest absolute Gasteiger partial charge is 0.314 e. The van der Waals surface area contributed by atoms with E-state index in [9.17, 15) is 22.7 Å². The van der Waals surface area contributed by atoms with Crippen molar-refractivity contribution in [2.45, 2.75) is 23.2 Å². The number of rotatable bonds is 4. The predicted molar refractivity (Wildman–Crippen MR) is 94.9 cm³/mol. The van der Waals surface area contributed by atoms with Crippen molar-refractivity contribution in [2.75, 3.05) is 13.1 Å². The average Bonchev–Trinajstić information content (AvgIpc) is 2.68. The molecule has 0 radical (unpaired) electrons. The van der Waals surface area contributed by atoms with Gasteiger partial charge in [0.1, 0.15) is 10.7 Å². The third-order valence-electron chi connectivity index (χ3n) is 4.99. The van der Waals surface area contributed by atoms with E-state index < -0.39 is 32.1 Å². The Kier molecular flexibility index (Phi) is 5.00. The Morgan fingerprint density at radius 1 is 1.15 bits per heavy atom. The topological polar surface area (TPSA) is 98.5 Å². The molecular formula is C19H17FN2O4S. The first-order chi connectivity index (χ1) is 12.8. The van der Waals surface area contributed by atoms with Crippen LogP contribution in [0.5, 0.6) is 0 Å². The van der Waals surface area contributed by atoms with Gasteiger partial charge in [-0.1, -0.05) is 30.3 Å². The molecule has 8 heteroatoms. The van der Waals surface area contributed by atoms with Crippen molar-refractivity contribution in [3.05, 3.63) is 65.5 Å². The van der Waals surface area contributed by atoms with Crippen LogP contribution in [0, 0.1) is 17.1 Å². The minimum atomic E-state index is -4.12. The minimum Gasteiger partial charge on any atom is -0.481 e. The zero-order valence-corrected chi connectivity index (χ0v) is 15.1. The zero-order chi connectivity index (χ0) is 19.7. The molecule has 1 heterocycles. The van der Waals surface area contributed by atoms with E-state index in [-0.39, 0.29) is 31.5 Å². The number of hydrogen-bond acceptors (Lipinski definition) is 4. The SMILES string of the molecule is N#Cc1ccc(S(=O)(=O)N2CCC(C(=O)O)(c3ccccc3)CC2)c(F)c1. The van der Waals surface area contributed by atoms with Crippen LogP contribution in [0.25, 0.3) is 0 Å². The number of benzene rings is 2. The second-order valence-electron chi connectivity index (χ2n) is 6.41. The number of halogens is 1. The fourth-order valence-electron chi connectivity index (χ4n) is 3.41. The van der Waals surface area contributed by atoms with E-state index in [2.05, 4.69) is 0 Å². The van der Waals surface area contributed by atoms with Crippen molar-refractivity contribution in [1.82, 2.24) is 4.31 Å². The van der Waals surface area contributed by atoms with Gasteiger partial charge in [-0.05, 0) is 36.6 Å². The molecule has 0 atom stereocenters. The van der Waals surface area contributed by atoms with Crippen LogP contribution < -0.4 is 0 Å². The van der Waals surface area contributed by atoms with E-state index >= 15 is 0 Å². The number of nitriles is 1. The van der Waals surface area contributed by atoms with Gasteiger partial charge < -0.3 is 5.11 Å². The summed E-state index contributed by atoms with van der Waals surface area (Å²) in [6.45, 7) is -0.0774. The molecule has 0 amide bonds. The number of hydrogen-bond donors (Lipinski definition) is 1. The van der Waals surface area contributed by atoms with Gasteiger partial charge >= 0.3 is 5.97 Å². The lowest BCUT2D eigenvalue weighted by atomic mass is 9.73. The Labute approximate surface area is 156 Å².